The molecule has 1 aromatic carbocycles. The molecule has 1 saturated heterocycles. The Morgan fingerprint density at radius 1 is 1.15 bits per heavy atom. The molecule has 0 aliphatic carbocycles. The molecule has 1 aromatic rings. The lowest BCUT2D eigenvalue weighted by atomic mass is 9.99. The van der Waals surface area contributed by atoms with Crippen LogP contribution in [0.25, 0.3) is 0 Å². The Bertz CT molecular complexity index is 542. The Morgan fingerprint density at radius 2 is 1.70 bits per heavy atom. The number of aryl methyl sites for hydroxylation is 3. The van der Waals surface area contributed by atoms with E-state index in [9.17, 15) is 9.59 Å². The van der Waals surface area contributed by atoms with Crippen molar-refractivity contribution in [2.24, 2.45) is 11.8 Å². The highest BCUT2D eigenvalue weighted by Gasteiger charge is 2.37. The van der Waals surface area contributed by atoms with Crippen molar-refractivity contribution in [1.29, 1.82) is 0 Å². The van der Waals surface area contributed by atoms with E-state index in [2.05, 4.69) is 0 Å². The van der Waals surface area contributed by atoms with E-state index in [1.54, 1.807) is 4.90 Å². The van der Waals surface area contributed by atoms with Crippen molar-refractivity contribution in [2.45, 2.75) is 27.7 Å². The Balaban J connectivity index is 2.28. The van der Waals surface area contributed by atoms with Crippen LogP contribution in [-0.2, 0) is 4.79 Å². The van der Waals surface area contributed by atoms with Crippen LogP contribution in [0.5, 0.6) is 0 Å². The second-order valence-electron chi connectivity index (χ2n) is 5.91. The van der Waals surface area contributed by atoms with Gasteiger partial charge in [-0.15, -0.1) is 0 Å². The van der Waals surface area contributed by atoms with Gasteiger partial charge in [-0.25, -0.2) is 0 Å². The number of hydrogen-bond acceptors (Lipinski definition) is 2. The summed E-state index contributed by atoms with van der Waals surface area (Å²) >= 11 is 0. The lowest BCUT2D eigenvalue weighted by Crippen LogP contribution is -2.31. The minimum Gasteiger partial charge on any atom is -0.481 e. The van der Waals surface area contributed by atoms with Crippen LogP contribution in [0.2, 0.25) is 0 Å². The summed E-state index contributed by atoms with van der Waals surface area (Å²) in [7, 11) is 0. The second-order valence-corrected chi connectivity index (χ2v) is 5.91. The molecule has 20 heavy (non-hydrogen) atoms. The number of benzene rings is 1. The molecule has 0 radical (unpaired) electrons. The first kappa shape index (κ1) is 14.6. The molecule has 0 spiro atoms. The molecule has 1 aliphatic rings. The van der Waals surface area contributed by atoms with Gasteiger partial charge in [0.05, 0.1) is 5.92 Å². The van der Waals surface area contributed by atoms with Gasteiger partial charge in [0, 0.05) is 18.7 Å². The zero-order chi connectivity index (χ0) is 15.0. The Hall–Kier alpha value is -1.84. The molecule has 2 atom stereocenters. The first-order chi connectivity index (χ1) is 9.31. The molecule has 4 heteroatoms. The van der Waals surface area contributed by atoms with Gasteiger partial charge in [-0.3, -0.25) is 9.59 Å². The third-order valence-electron chi connectivity index (χ3n) is 4.11. The molecule has 0 saturated carbocycles. The van der Waals surface area contributed by atoms with Gasteiger partial charge in [0.15, 0.2) is 0 Å². The number of carbonyl (C=O) groups is 2. The van der Waals surface area contributed by atoms with Crippen LogP contribution in [0.15, 0.2) is 12.1 Å². The maximum Gasteiger partial charge on any atom is 0.308 e. The van der Waals surface area contributed by atoms with Crippen molar-refractivity contribution < 1.29 is 14.7 Å². The maximum atomic E-state index is 12.6. The Morgan fingerprint density at radius 3 is 2.15 bits per heavy atom. The van der Waals surface area contributed by atoms with Crippen molar-refractivity contribution in [3.8, 4) is 0 Å². The summed E-state index contributed by atoms with van der Waals surface area (Å²) in [5.74, 6) is -1.31. The quantitative estimate of drug-likeness (QED) is 0.901. The number of carbonyl (C=O) groups excluding carboxylic acids is 1. The molecule has 0 aromatic heterocycles. The van der Waals surface area contributed by atoms with Crippen molar-refractivity contribution in [3.63, 3.8) is 0 Å². The van der Waals surface area contributed by atoms with E-state index in [-0.39, 0.29) is 11.8 Å². The van der Waals surface area contributed by atoms with Crippen LogP contribution in [0.1, 0.15) is 34.0 Å². The van der Waals surface area contributed by atoms with Gasteiger partial charge in [-0.05, 0) is 37.8 Å². The second kappa shape index (κ2) is 5.27. The first-order valence-electron chi connectivity index (χ1n) is 6.91. The highest BCUT2D eigenvalue weighted by Crippen LogP contribution is 2.26. The van der Waals surface area contributed by atoms with E-state index in [0.29, 0.717) is 18.7 Å². The van der Waals surface area contributed by atoms with Gasteiger partial charge >= 0.3 is 5.97 Å². The summed E-state index contributed by atoms with van der Waals surface area (Å²) in [5, 5.41) is 9.16. The molecule has 0 bridgehead atoms. The van der Waals surface area contributed by atoms with Crippen molar-refractivity contribution in [1.82, 2.24) is 4.90 Å². The lowest BCUT2D eigenvalue weighted by Gasteiger charge is -2.19. The lowest BCUT2D eigenvalue weighted by molar-refractivity contribution is -0.142. The third-order valence-corrected chi connectivity index (χ3v) is 4.11. The van der Waals surface area contributed by atoms with Gasteiger partial charge in [-0.2, -0.15) is 0 Å². The average Bonchev–Trinajstić information content (AvgIpc) is 2.69. The largest absolute Gasteiger partial charge is 0.481 e. The molecule has 2 rings (SSSR count). The number of carboxylic acid groups (broad SMARTS) is 1. The zero-order valence-corrected chi connectivity index (χ0v) is 12.4. The Kier molecular flexibility index (Phi) is 3.84. The van der Waals surface area contributed by atoms with E-state index >= 15 is 0 Å². The predicted molar refractivity (Wildman–Crippen MR) is 76.8 cm³/mol. The van der Waals surface area contributed by atoms with Crippen LogP contribution in [0, 0.1) is 32.6 Å². The summed E-state index contributed by atoms with van der Waals surface area (Å²) in [6, 6.07) is 3.99. The summed E-state index contributed by atoms with van der Waals surface area (Å²) < 4.78 is 0. The summed E-state index contributed by atoms with van der Waals surface area (Å²) in [6.07, 6.45) is 0. The zero-order valence-electron chi connectivity index (χ0n) is 12.4. The number of aliphatic carboxylic acids is 1. The fourth-order valence-electron chi connectivity index (χ4n) is 3.13. The van der Waals surface area contributed by atoms with Crippen molar-refractivity contribution >= 4 is 11.9 Å². The minimum atomic E-state index is -0.815. The van der Waals surface area contributed by atoms with Gasteiger partial charge in [0.25, 0.3) is 5.91 Å². The van der Waals surface area contributed by atoms with E-state index in [0.717, 1.165) is 16.7 Å². The molecular formula is C16H21NO3. The third kappa shape index (κ3) is 2.55. The van der Waals surface area contributed by atoms with E-state index in [4.69, 9.17) is 5.11 Å². The highest BCUT2D eigenvalue weighted by atomic mass is 16.4. The molecular weight excluding hydrogens is 254 g/mol. The standard InChI is InChI=1S/C16H21NO3/c1-9-5-10(2)14(11(3)6-9)15(18)17-7-12(4)13(8-17)16(19)20/h5-6,12-13H,7-8H2,1-4H3,(H,19,20)/t12-,13-/m1/s1. The topological polar surface area (TPSA) is 57.6 Å². The summed E-state index contributed by atoms with van der Waals surface area (Å²) in [6.45, 7) is 8.58. The minimum absolute atomic E-state index is 0.00232. The summed E-state index contributed by atoms with van der Waals surface area (Å²) in [4.78, 5) is 25.5. The number of likely N-dealkylation sites (tertiary alicyclic amines) is 1. The maximum absolute atomic E-state index is 12.6. The van der Waals surface area contributed by atoms with E-state index in [1.165, 1.54) is 0 Å². The fourth-order valence-corrected chi connectivity index (χ4v) is 3.13. The SMILES string of the molecule is Cc1cc(C)c(C(=O)N2C[C@@H](C)[C@H](C(=O)O)C2)c(C)c1. The number of amides is 1. The van der Waals surface area contributed by atoms with E-state index < -0.39 is 11.9 Å². The van der Waals surface area contributed by atoms with E-state index in [1.807, 2.05) is 39.8 Å². The van der Waals surface area contributed by atoms with Crippen LogP contribution in [0.3, 0.4) is 0 Å². The fraction of sp³-hybridized carbons (Fsp3) is 0.500. The number of carboxylic acids is 1. The van der Waals surface area contributed by atoms with Crippen molar-refractivity contribution in [2.75, 3.05) is 13.1 Å². The smallest absolute Gasteiger partial charge is 0.308 e. The molecule has 0 unspecified atom stereocenters. The van der Waals surface area contributed by atoms with Crippen LogP contribution in [0.4, 0.5) is 0 Å². The van der Waals surface area contributed by atoms with Crippen molar-refractivity contribution in [3.05, 3.63) is 34.4 Å². The molecule has 108 valence electrons. The molecule has 1 aliphatic heterocycles. The van der Waals surface area contributed by atoms with Crippen LogP contribution in [-0.4, -0.2) is 35.0 Å². The average molecular weight is 275 g/mol. The van der Waals surface area contributed by atoms with Crippen LogP contribution < -0.4 is 0 Å². The molecule has 1 fully saturated rings. The highest BCUT2D eigenvalue weighted by molar-refractivity contribution is 5.97. The van der Waals surface area contributed by atoms with Gasteiger partial charge in [0.1, 0.15) is 0 Å². The molecule has 1 N–H and O–H groups in total. The number of hydrogen-bond donors (Lipinski definition) is 1. The normalized spacial score (nSPS) is 22.1. The number of rotatable bonds is 2. The van der Waals surface area contributed by atoms with Gasteiger partial charge in [-0.1, -0.05) is 24.6 Å². The molecule has 1 amide bonds. The molecule has 4 nitrogen and oxygen atoms in total. The van der Waals surface area contributed by atoms with Gasteiger partial charge < -0.3 is 10.0 Å². The first-order valence-corrected chi connectivity index (χ1v) is 6.91. The van der Waals surface area contributed by atoms with Gasteiger partial charge in [0.2, 0.25) is 0 Å². The van der Waals surface area contributed by atoms with Crippen LogP contribution >= 0.6 is 0 Å². The Labute approximate surface area is 119 Å². The predicted octanol–water partition coefficient (Wildman–Crippen LogP) is 2.40. The monoisotopic (exact) mass is 275 g/mol. The number of nitrogens with zero attached hydrogens (tertiary/aromatic N) is 1. The molecule has 1 heterocycles. The summed E-state index contributed by atoms with van der Waals surface area (Å²) in [5.41, 5.74) is 3.77.